The largest absolute Gasteiger partial charge is 0.317 e. The fraction of sp³-hybridized carbons (Fsp3) is 1.00. The maximum atomic E-state index is 12.0. The van der Waals surface area contributed by atoms with Crippen molar-refractivity contribution in [2.75, 3.05) is 20.1 Å². The first-order valence-corrected chi connectivity index (χ1v) is 7.30. The van der Waals surface area contributed by atoms with Gasteiger partial charge in [0, 0.05) is 13.1 Å². The molecule has 1 aliphatic heterocycles. The minimum absolute atomic E-state index is 0.0706. The van der Waals surface area contributed by atoms with Gasteiger partial charge in [0.2, 0.25) is 10.0 Å². The number of rotatable bonds is 3. The second kappa shape index (κ2) is 4.39. The molecular formula is C10H20N2O2S. The van der Waals surface area contributed by atoms with Crippen LogP contribution in [0.5, 0.6) is 0 Å². The molecule has 1 atom stereocenters. The Hall–Kier alpha value is -0.130. The maximum Gasteiger partial charge on any atom is 0.216 e. The van der Waals surface area contributed by atoms with E-state index in [1.165, 1.54) is 0 Å². The average Bonchev–Trinajstić information content (AvgIpc) is 3.03. The highest BCUT2D eigenvalue weighted by molar-refractivity contribution is 7.90. The van der Waals surface area contributed by atoms with Gasteiger partial charge < -0.3 is 5.32 Å². The normalized spacial score (nSPS) is 29.1. The van der Waals surface area contributed by atoms with Crippen molar-refractivity contribution in [3.63, 3.8) is 0 Å². The van der Waals surface area contributed by atoms with Crippen molar-refractivity contribution in [2.24, 2.45) is 0 Å². The zero-order valence-corrected chi connectivity index (χ0v) is 10.1. The molecule has 15 heavy (non-hydrogen) atoms. The van der Waals surface area contributed by atoms with E-state index in [1.54, 1.807) is 11.4 Å². The Kier molecular flexibility index (Phi) is 3.33. The van der Waals surface area contributed by atoms with Crippen LogP contribution < -0.4 is 5.32 Å². The third kappa shape index (κ3) is 2.52. The summed E-state index contributed by atoms with van der Waals surface area (Å²) in [7, 11) is -1.22. The Bertz CT molecular complexity index is 303. The van der Waals surface area contributed by atoms with Crippen LogP contribution in [0, 0.1) is 0 Å². The molecule has 2 aliphatic rings. The molecule has 1 aliphatic carbocycles. The van der Waals surface area contributed by atoms with Crippen molar-refractivity contribution in [1.82, 2.24) is 9.62 Å². The van der Waals surface area contributed by atoms with E-state index in [0.29, 0.717) is 0 Å². The van der Waals surface area contributed by atoms with E-state index in [-0.39, 0.29) is 11.3 Å². The lowest BCUT2D eigenvalue weighted by Gasteiger charge is -2.26. The fourth-order valence-electron chi connectivity index (χ4n) is 2.17. The quantitative estimate of drug-likeness (QED) is 0.773. The maximum absolute atomic E-state index is 12.0. The standard InChI is InChI=1S/C10H20N2O2S/c1-12(15(13,14)10-4-5-10)9-3-2-7-11-8-6-9/h9-11H,2-8H2,1H3. The van der Waals surface area contributed by atoms with E-state index in [4.69, 9.17) is 0 Å². The summed E-state index contributed by atoms with van der Waals surface area (Å²) in [6.45, 7) is 1.96. The minimum Gasteiger partial charge on any atom is -0.317 e. The van der Waals surface area contributed by atoms with Crippen LogP contribution in [0.1, 0.15) is 32.1 Å². The van der Waals surface area contributed by atoms with Crippen LogP contribution in [0.2, 0.25) is 0 Å². The monoisotopic (exact) mass is 232 g/mol. The van der Waals surface area contributed by atoms with Crippen molar-refractivity contribution in [3.8, 4) is 0 Å². The Morgan fingerprint density at radius 2 is 1.87 bits per heavy atom. The van der Waals surface area contributed by atoms with Crippen LogP contribution in [-0.4, -0.2) is 44.2 Å². The summed E-state index contributed by atoms with van der Waals surface area (Å²) in [5, 5.41) is 3.24. The number of sulfonamides is 1. The Morgan fingerprint density at radius 1 is 1.13 bits per heavy atom. The van der Waals surface area contributed by atoms with Gasteiger partial charge in [0.1, 0.15) is 0 Å². The SMILES string of the molecule is CN(C1CCCNCC1)S(=O)(=O)C1CC1. The van der Waals surface area contributed by atoms with Crippen molar-refractivity contribution < 1.29 is 8.42 Å². The van der Waals surface area contributed by atoms with Gasteiger partial charge in [-0.1, -0.05) is 0 Å². The number of hydrogen-bond acceptors (Lipinski definition) is 3. The van der Waals surface area contributed by atoms with Crippen LogP contribution >= 0.6 is 0 Å². The third-order valence-electron chi connectivity index (χ3n) is 3.41. The molecule has 1 heterocycles. The second-order valence-corrected chi connectivity index (χ2v) is 6.87. The van der Waals surface area contributed by atoms with Gasteiger partial charge in [-0.3, -0.25) is 0 Å². The summed E-state index contributed by atoms with van der Waals surface area (Å²) in [6, 6.07) is 0.214. The summed E-state index contributed by atoms with van der Waals surface area (Å²) < 4.78 is 25.7. The molecule has 0 aromatic heterocycles. The molecule has 0 aromatic carbocycles. The Morgan fingerprint density at radius 3 is 2.53 bits per heavy atom. The first-order chi connectivity index (χ1) is 7.12. The molecule has 4 nitrogen and oxygen atoms in total. The molecule has 5 heteroatoms. The van der Waals surface area contributed by atoms with Gasteiger partial charge in [0.05, 0.1) is 5.25 Å². The highest BCUT2D eigenvalue weighted by atomic mass is 32.2. The van der Waals surface area contributed by atoms with Crippen LogP contribution in [0.15, 0.2) is 0 Å². The zero-order valence-electron chi connectivity index (χ0n) is 9.28. The molecule has 1 saturated heterocycles. The topological polar surface area (TPSA) is 49.4 Å². The first kappa shape index (κ1) is 11.4. The Labute approximate surface area is 92.1 Å². The lowest BCUT2D eigenvalue weighted by molar-refractivity contribution is 0.341. The summed E-state index contributed by atoms with van der Waals surface area (Å²) in [6.07, 6.45) is 4.74. The van der Waals surface area contributed by atoms with Gasteiger partial charge in [-0.05, 0) is 45.2 Å². The molecule has 0 radical (unpaired) electrons. The van der Waals surface area contributed by atoms with Gasteiger partial charge in [-0.15, -0.1) is 0 Å². The number of hydrogen-bond donors (Lipinski definition) is 1. The van der Waals surface area contributed by atoms with Gasteiger partial charge in [-0.2, -0.15) is 0 Å². The van der Waals surface area contributed by atoms with Crippen molar-refractivity contribution in [2.45, 2.75) is 43.4 Å². The smallest absolute Gasteiger partial charge is 0.216 e. The molecular weight excluding hydrogens is 212 g/mol. The third-order valence-corrected chi connectivity index (χ3v) is 5.82. The molecule has 88 valence electrons. The lowest BCUT2D eigenvalue weighted by atomic mass is 10.1. The predicted molar refractivity (Wildman–Crippen MR) is 60.2 cm³/mol. The first-order valence-electron chi connectivity index (χ1n) is 5.80. The molecule has 1 unspecified atom stereocenters. The van der Waals surface area contributed by atoms with Gasteiger partial charge in [0.15, 0.2) is 0 Å². The van der Waals surface area contributed by atoms with Gasteiger partial charge >= 0.3 is 0 Å². The van der Waals surface area contributed by atoms with Crippen LogP contribution in [0.4, 0.5) is 0 Å². The summed E-state index contributed by atoms with van der Waals surface area (Å²) in [5.74, 6) is 0. The van der Waals surface area contributed by atoms with Crippen molar-refractivity contribution in [1.29, 1.82) is 0 Å². The van der Waals surface area contributed by atoms with Crippen LogP contribution in [-0.2, 0) is 10.0 Å². The van der Waals surface area contributed by atoms with E-state index in [1.807, 2.05) is 0 Å². The fourth-order valence-corrected chi connectivity index (χ4v) is 4.00. The van der Waals surface area contributed by atoms with E-state index < -0.39 is 10.0 Å². The van der Waals surface area contributed by atoms with E-state index in [2.05, 4.69) is 5.32 Å². The number of nitrogens with zero attached hydrogens (tertiary/aromatic N) is 1. The summed E-state index contributed by atoms with van der Waals surface area (Å²) >= 11 is 0. The molecule has 2 fully saturated rings. The van der Waals surface area contributed by atoms with Gasteiger partial charge in [-0.25, -0.2) is 12.7 Å². The van der Waals surface area contributed by atoms with E-state index >= 15 is 0 Å². The highest BCUT2D eigenvalue weighted by Crippen LogP contribution is 2.32. The average molecular weight is 232 g/mol. The summed E-state index contributed by atoms with van der Waals surface area (Å²) in [5.41, 5.74) is 0. The molecule has 1 N–H and O–H groups in total. The predicted octanol–water partition coefficient (Wildman–Crippen LogP) is 0.552. The van der Waals surface area contributed by atoms with Crippen molar-refractivity contribution in [3.05, 3.63) is 0 Å². The van der Waals surface area contributed by atoms with Gasteiger partial charge in [0.25, 0.3) is 0 Å². The van der Waals surface area contributed by atoms with Crippen LogP contribution in [0.25, 0.3) is 0 Å². The summed E-state index contributed by atoms with van der Waals surface area (Å²) in [4.78, 5) is 0. The number of nitrogens with one attached hydrogen (secondary N) is 1. The highest BCUT2D eigenvalue weighted by Gasteiger charge is 2.40. The molecule has 0 aromatic rings. The van der Waals surface area contributed by atoms with Crippen molar-refractivity contribution >= 4 is 10.0 Å². The van der Waals surface area contributed by atoms with E-state index in [0.717, 1.165) is 45.2 Å². The molecule has 0 amide bonds. The molecule has 2 rings (SSSR count). The zero-order chi connectivity index (χ0) is 10.9. The van der Waals surface area contributed by atoms with Crippen LogP contribution in [0.3, 0.4) is 0 Å². The molecule has 0 spiro atoms. The Balaban J connectivity index is 2.01. The molecule has 1 saturated carbocycles. The minimum atomic E-state index is -2.98. The van der Waals surface area contributed by atoms with E-state index in [9.17, 15) is 8.42 Å². The molecule has 0 bridgehead atoms. The lowest BCUT2D eigenvalue weighted by Crippen LogP contribution is -2.39. The second-order valence-electron chi connectivity index (χ2n) is 4.60.